The number of fused-ring (bicyclic) bond motifs is 2. The molecule has 2 heteroatoms. The van der Waals surface area contributed by atoms with Crippen LogP contribution >= 0.6 is 0 Å². The molecule has 2 heterocycles. The van der Waals surface area contributed by atoms with Crippen molar-refractivity contribution in [3.05, 3.63) is 95.1 Å². The number of benzene rings is 3. The molecule has 2 aliphatic rings. The molecule has 126 valence electrons. The second kappa shape index (κ2) is 6.38. The van der Waals surface area contributed by atoms with Gasteiger partial charge in [0.2, 0.25) is 0 Å². The normalized spacial score (nSPS) is 14.6. The molecule has 5 rings (SSSR count). The summed E-state index contributed by atoms with van der Waals surface area (Å²) < 4.78 is 0. The number of nitrogens with zero attached hydrogens (tertiary/aromatic N) is 2. The number of hydrogen-bond donors (Lipinski definition) is 0. The molecule has 0 bridgehead atoms. The molecule has 0 radical (unpaired) electrons. The Kier molecular flexibility index (Phi) is 3.75. The van der Waals surface area contributed by atoms with Gasteiger partial charge in [0.25, 0.3) is 0 Å². The lowest BCUT2D eigenvalue weighted by atomic mass is 9.99. The molecule has 0 saturated carbocycles. The van der Waals surface area contributed by atoms with E-state index in [2.05, 4.69) is 72.8 Å². The molecule has 0 atom stereocenters. The van der Waals surface area contributed by atoms with E-state index < -0.39 is 0 Å². The Bertz CT molecular complexity index is 934. The first-order chi connectivity index (χ1) is 12.8. The molecule has 0 spiro atoms. The Morgan fingerprint density at radius 1 is 0.577 bits per heavy atom. The van der Waals surface area contributed by atoms with Crippen LogP contribution in [0.2, 0.25) is 0 Å². The zero-order valence-electron chi connectivity index (χ0n) is 14.7. The van der Waals surface area contributed by atoms with Gasteiger partial charge < -0.3 is 0 Å². The molecular weight excluding hydrogens is 316 g/mol. The molecule has 26 heavy (non-hydrogen) atoms. The van der Waals surface area contributed by atoms with Crippen molar-refractivity contribution in [1.82, 2.24) is 0 Å². The van der Waals surface area contributed by atoms with E-state index in [1.54, 1.807) is 0 Å². The Balaban J connectivity index is 1.36. The first-order valence-electron chi connectivity index (χ1n) is 9.20. The average molecular weight is 336 g/mol. The van der Waals surface area contributed by atoms with Crippen LogP contribution in [-0.4, -0.2) is 11.4 Å². The molecule has 0 saturated heterocycles. The predicted molar refractivity (Wildman–Crippen MR) is 108 cm³/mol. The van der Waals surface area contributed by atoms with Gasteiger partial charge in [-0.3, -0.25) is 9.98 Å². The molecular formula is C24H20N2. The van der Waals surface area contributed by atoms with Gasteiger partial charge in [-0.1, -0.05) is 66.7 Å². The third kappa shape index (κ3) is 2.99. The number of aliphatic imine (C=N–C) groups is 2. The molecule has 0 aliphatic carbocycles. The summed E-state index contributed by atoms with van der Waals surface area (Å²) in [5.74, 6) is 0. The van der Waals surface area contributed by atoms with Gasteiger partial charge in [-0.2, -0.15) is 0 Å². The highest BCUT2D eigenvalue weighted by Gasteiger charge is 2.21. The monoisotopic (exact) mass is 336 g/mol. The lowest BCUT2D eigenvalue weighted by Crippen LogP contribution is -2.03. The van der Waals surface area contributed by atoms with Crippen LogP contribution in [0.4, 0.5) is 11.4 Å². The van der Waals surface area contributed by atoms with Gasteiger partial charge in [-0.15, -0.1) is 0 Å². The molecule has 0 N–H and O–H groups in total. The first-order valence-corrected chi connectivity index (χ1v) is 9.20. The summed E-state index contributed by atoms with van der Waals surface area (Å²) in [6.07, 6.45) is 3.79. The SMILES string of the molecule is c1ccc(CC2=Nc3cc4c(cc3C2)CC(Cc2ccccc2)=N4)cc1. The second-order valence-corrected chi connectivity index (χ2v) is 7.14. The maximum Gasteiger partial charge on any atom is 0.0686 e. The maximum atomic E-state index is 4.88. The fraction of sp³-hybridized carbons (Fsp3) is 0.167. The molecule has 3 aromatic rings. The van der Waals surface area contributed by atoms with E-state index in [9.17, 15) is 0 Å². The van der Waals surface area contributed by atoms with Gasteiger partial charge in [-0.05, 0) is 28.3 Å². The van der Waals surface area contributed by atoms with Crippen molar-refractivity contribution in [3.8, 4) is 0 Å². The van der Waals surface area contributed by atoms with Gasteiger partial charge in [0.1, 0.15) is 0 Å². The van der Waals surface area contributed by atoms with Crippen LogP contribution in [0.5, 0.6) is 0 Å². The first kappa shape index (κ1) is 15.3. The topological polar surface area (TPSA) is 24.7 Å². The zero-order valence-corrected chi connectivity index (χ0v) is 14.7. The smallest absolute Gasteiger partial charge is 0.0686 e. The van der Waals surface area contributed by atoms with Gasteiger partial charge in [0.15, 0.2) is 0 Å². The van der Waals surface area contributed by atoms with Crippen LogP contribution in [0.25, 0.3) is 0 Å². The van der Waals surface area contributed by atoms with Crippen LogP contribution in [-0.2, 0) is 25.7 Å². The fourth-order valence-electron chi connectivity index (χ4n) is 3.89. The maximum absolute atomic E-state index is 4.88. The Labute approximate surface area is 154 Å². The molecule has 3 aromatic carbocycles. The van der Waals surface area contributed by atoms with Gasteiger partial charge in [0.05, 0.1) is 11.4 Å². The molecule has 0 aromatic heterocycles. The fourth-order valence-corrected chi connectivity index (χ4v) is 3.89. The molecule has 2 nitrogen and oxygen atoms in total. The Morgan fingerprint density at radius 2 is 1.04 bits per heavy atom. The van der Waals surface area contributed by atoms with Crippen molar-refractivity contribution >= 4 is 22.8 Å². The van der Waals surface area contributed by atoms with Crippen molar-refractivity contribution < 1.29 is 0 Å². The predicted octanol–water partition coefficient (Wildman–Crippen LogP) is 5.43. The number of hydrogen-bond acceptors (Lipinski definition) is 2. The van der Waals surface area contributed by atoms with Crippen molar-refractivity contribution in [2.75, 3.05) is 0 Å². The van der Waals surface area contributed by atoms with E-state index in [-0.39, 0.29) is 0 Å². The van der Waals surface area contributed by atoms with Crippen LogP contribution in [0, 0.1) is 0 Å². The Morgan fingerprint density at radius 3 is 1.50 bits per heavy atom. The summed E-state index contributed by atoms with van der Waals surface area (Å²) in [5.41, 5.74) is 10.1. The summed E-state index contributed by atoms with van der Waals surface area (Å²) in [6.45, 7) is 0. The van der Waals surface area contributed by atoms with E-state index in [0.29, 0.717) is 0 Å². The molecule has 0 amide bonds. The highest BCUT2D eigenvalue weighted by atomic mass is 14.8. The van der Waals surface area contributed by atoms with Gasteiger partial charge in [-0.25, -0.2) is 0 Å². The van der Waals surface area contributed by atoms with Gasteiger partial charge in [0, 0.05) is 37.1 Å². The lowest BCUT2D eigenvalue weighted by molar-refractivity contribution is 1.24. The van der Waals surface area contributed by atoms with Crippen LogP contribution < -0.4 is 0 Å². The minimum atomic E-state index is 0.933. The minimum Gasteiger partial charge on any atom is -0.257 e. The second-order valence-electron chi connectivity index (χ2n) is 7.14. The van der Waals surface area contributed by atoms with E-state index >= 15 is 0 Å². The summed E-state index contributed by atoms with van der Waals surface area (Å²) in [5, 5.41) is 0. The summed E-state index contributed by atoms with van der Waals surface area (Å²) in [4.78, 5) is 9.76. The third-order valence-electron chi connectivity index (χ3n) is 5.13. The van der Waals surface area contributed by atoms with E-state index in [1.807, 2.05) is 0 Å². The summed E-state index contributed by atoms with van der Waals surface area (Å²) in [7, 11) is 0. The summed E-state index contributed by atoms with van der Waals surface area (Å²) in [6, 6.07) is 25.7. The van der Waals surface area contributed by atoms with Crippen molar-refractivity contribution in [2.24, 2.45) is 9.98 Å². The van der Waals surface area contributed by atoms with Crippen molar-refractivity contribution in [2.45, 2.75) is 25.7 Å². The third-order valence-corrected chi connectivity index (χ3v) is 5.13. The van der Waals surface area contributed by atoms with E-state index in [0.717, 1.165) is 37.1 Å². The highest BCUT2D eigenvalue weighted by molar-refractivity contribution is 5.99. The van der Waals surface area contributed by atoms with Gasteiger partial charge >= 0.3 is 0 Å². The standard InChI is InChI=1S/C24H20N2/c1-3-7-17(8-4-1)11-21-14-19-13-20-15-22(12-18-9-5-2-6-10-18)26-24(20)16-23(19)25-21/h1-10,13,16H,11-12,14-15H2. The van der Waals surface area contributed by atoms with Crippen molar-refractivity contribution in [3.63, 3.8) is 0 Å². The molecule has 2 aliphatic heterocycles. The highest BCUT2D eigenvalue weighted by Crippen LogP contribution is 2.37. The van der Waals surface area contributed by atoms with Crippen molar-refractivity contribution in [1.29, 1.82) is 0 Å². The van der Waals surface area contributed by atoms with E-state index in [4.69, 9.17) is 9.98 Å². The average Bonchev–Trinajstić information content (AvgIpc) is 3.22. The number of rotatable bonds is 4. The van der Waals surface area contributed by atoms with Crippen LogP contribution in [0.15, 0.2) is 82.8 Å². The Hall–Kier alpha value is -3.00. The van der Waals surface area contributed by atoms with Crippen LogP contribution in [0.3, 0.4) is 0 Å². The van der Waals surface area contributed by atoms with Crippen LogP contribution in [0.1, 0.15) is 22.3 Å². The zero-order chi connectivity index (χ0) is 17.3. The minimum absolute atomic E-state index is 0.933. The molecule has 0 unspecified atom stereocenters. The van der Waals surface area contributed by atoms with E-state index in [1.165, 1.54) is 33.7 Å². The quantitative estimate of drug-likeness (QED) is 0.607. The lowest BCUT2D eigenvalue weighted by Gasteiger charge is -2.02. The molecule has 0 fully saturated rings. The largest absolute Gasteiger partial charge is 0.257 e. The summed E-state index contributed by atoms with van der Waals surface area (Å²) >= 11 is 0.